The number of nitrogens with zero attached hydrogens (tertiary/aromatic N) is 3. The van der Waals surface area contributed by atoms with Crippen LogP contribution in [0.5, 0.6) is 0 Å². The Bertz CT molecular complexity index is 483. The van der Waals surface area contributed by atoms with Crippen LogP contribution in [0, 0.1) is 22.7 Å². The van der Waals surface area contributed by atoms with Crippen molar-refractivity contribution in [2.45, 2.75) is 12.0 Å². The standard InChI is InChI=1S/C12H12N4/c13-7-10-2-1-3-11(6-10)16-5-4-12(15,8-14)9-16/h1-3,6H,4-5,9,15H2. The number of rotatable bonds is 1. The third-order valence-electron chi connectivity index (χ3n) is 2.86. The number of hydrogen-bond acceptors (Lipinski definition) is 4. The van der Waals surface area contributed by atoms with E-state index in [0.29, 0.717) is 18.5 Å². The highest BCUT2D eigenvalue weighted by Crippen LogP contribution is 2.25. The molecule has 1 fully saturated rings. The van der Waals surface area contributed by atoms with Gasteiger partial charge in [-0.15, -0.1) is 0 Å². The molecule has 0 aromatic heterocycles. The smallest absolute Gasteiger partial charge is 0.123 e. The maximum absolute atomic E-state index is 8.94. The average Bonchev–Trinajstić information content (AvgIpc) is 2.73. The second kappa shape index (κ2) is 3.84. The number of nitriles is 2. The average molecular weight is 212 g/mol. The van der Waals surface area contributed by atoms with Crippen LogP contribution in [-0.2, 0) is 0 Å². The minimum absolute atomic E-state index is 0.526. The Balaban J connectivity index is 2.22. The van der Waals surface area contributed by atoms with E-state index in [0.717, 1.165) is 12.2 Å². The van der Waals surface area contributed by atoms with Crippen molar-refractivity contribution in [2.24, 2.45) is 5.73 Å². The van der Waals surface area contributed by atoms with Gasteiger partial charge in [0.1, 0.15) is 5.54 Å². The van der Waals surface area contributed by atoms with Gasteiger partial charge >= 0.3 is 0 Å². The van der Waals surface area contributed by atoms with Crippen molar-refractivity contribution in [2.75, 3.05) is 18.0 Å². The highest BCUT2D eigenvalue weighted by molar-refractivity contribution is 5.53. The summed E-state index contributed by atoms with van der Waals surface area (Å²) in [5, 5.41) is 17.7. The molecule has 1 heterocycles. The predicted molar refractivity (Wildman–Crippen MR) is 60.5 cm³/mol. The van der Waals surface area contributed by atoms with Crippen molar-refractivity contribution in [3.63, 3.8) is 0 Å². The molecule has 2 N–H and O–H groups in total. The van der Waals surface area contributed by atoms with E-state index in [1.54, 1.807) is 6.07 Å². The van der Waals surface area contributed by atoms with Gasteiger partial charge in [0.05, 0.1) is 17.7 Å². The van der Waals surface area contributed by atoms with Crippen molar-refractivity contribution in [3.05, 3.63) is 29.8 Å². The Hall–Kier alpha value is -2.04. The molecule has 1 aromatic rings. The van der Waals surface area contributed by atoms with E-state index in [-0.39, 0.29) is 0 Å². The molecule has 4 heteroatoms. The summed E-state index contributed by atoms with van der Waals surface area (Å²) >= 11 is 0. The maximum atomic E-state index is 8.94. The summed E-state index contributed by atoms with van der Waals surface area (Å²) in [6.07, 6.45) is 0.667. The van der Waals surface area contributed by atoms with Crippen LogP contribution in [0.25, 0.3) is 0 Å². The molecule has 0 spiro atoms. The van der Waals surface area contributed by atoms with Gasteiger partial charge in [0.25, 0.3) is 0 Å². The fraction of sp³-hybridized carbons (Fsp3) is 0.333. The lowest BCUT2D eigenvalue weighted by Gasteiger charge is -2.20. The van der Waals surface area contributed by atoms with Crippen molar-refractivity contribution in [1.29, 1.82) is 10.5 Å². The first-order chi connectivity index (χ1) is 7.67. The SMILES string of the molecule is N#Cc1cccc(N2CCC(N)(C#N)C2)c1. The van der Waals surface area contributed by atoms with Crippen LogP contribution in [0.3, 0.4) is 0 Å². The second-order valence-corrected chi connectivity index (χ2v) is 4.10. The van der Waals surface area contributed by atoms with Gasteiger partial charge in [0, 0.05) is 18.8 Å². The van der Waals surface area contributed by atoms with Gasteiger partial charge in [-0.1, -0.05) is 6.07 Å². The molecule has 1 aromatic carbocycles. The first-order valence-electron chi connectivity index (χ1n) is 5.12. The van der Waals surface area contributed by atoms with Gasteiger partial charge < -0.3 is 10.6 Å². The van der Waals surface area contributed by atoms with E-state index < -0.39 is 5.54 Å². The van der Waals surface area contributed by atoms with Gasteiger partial charge in [-0.25, -0.2) is 0 Å². The molecule has 0 amide bonds. The molecule has 4 nitrogen and oxygen atoms in total. The minimum Gasteiger partial charge on any atom is -0.368 e. The lowest BCUT2D eigenvalue weighted by atomic mass is 10.0. The zero-order chi connectivity index (χ0) is 11.6. The Morgan fingerprint density at radius 2 is 2.19 bits per heavy atom. The molecule has 0 bridgehead atoms. The lowest BCUT2D eigenvalue weighted by molar-refractivity contribution is 0.606. The van der Waals surface area contributed by atoms with Crippen LogP contribution in [-0.4, -0.2) is 18.6 Å². The molecular weight excluding hydrogens is 200 g/mol. The number of nitrogens with two attached hydrogens (primary N) is 1. The summed E-state index contributed by atoms with van der Waals surface area (Å²) in [7, 11) is 0. The molecule has 0 saturated carbocycles. The zero-order valence-corrected chi connectivity index (χ0v) is 8.85. The van der Waals surface area contributed by atoms with Crippen LogP contribution in [0.1, 0.15) is 12.0 Å². The molecule has 80 valence electrons. The van der Waals surface area contributed by atoms with Crippen LogP contribution >= 0.6 is 0 Å². The number of hydrogen-bond donors (Lipinski definition) is 1. The second-order valence-electron chi connectivity index (χ2n) is 4.10. The maximum Gasteiger partial charge on any atom is 0.123 e. The quantitative estimate of drug-likeness (QED) is 0.753. The molecule has 1 saturated heterocycles. The number of benzene rings is 1. The van der Waals surface area contributed by atoms with E-state index in [9.17, 15) is 0 Å². The molecule has 2 rings (SSSR count). The summed E-state index contributed by atoms with van der Waals surface area (Å²) in [5.41, 5.74) is 6.73. The van der Waals surface area contributed by atoms with Crippen molar-refractivity contribution < 1.29 is 0 Å². The minimum atomic E-state index is -0.747. The zero-order valence-electron chi connectivity index (χ0n) is 8.85. The first kappa shape index (κ1) is 10.5. The predicted octanol–water partition coefficient (Wildman–Crippen LogP) is 0.989. The van der Waals surface area contributed by atoms with Gasteiger partial charge in [-0.3, -0.25) is 0 Å². The van der Waals surface area contributed by atoms with Crippen LogP contribution < -0.4 is 10.6 Å². The molecule has 1 aliphatic rings. The Morgan fingerprint density at radius 3 is 2.81 bits per heavy atom. The monoisotopic (exact) mass is 212 g/mol. The van der Waals surface area contributed by atoms with E-state index in [4.69, 9.17) is 16.3 Å². The Labute approximate surface area is 94.5 Å². The van der Waals surface area contributed by atoms with Crippen LogP contribution in [0.2, 0.25) is 0 Å². The van der Waals surface area contributed by atoms with E-state index in [1.165, 1.54) is 0 Å². The molecule has 1 aliphatic heterocycles. The fourth-order valence-electron chi connectivity index (χ4n) is 1.92. The van der Waals surface area contributed by atoms with E-state index in [1.807, 2.05) is 23.1 Å². The van der Waals surface area contributed by atoms with E-state index in [2.05, 4.69) is 12.1 Å². The molecule has 16 heavy (non-hydrogen) atoms. The fourth-order valence-corrected chi connectivity index (χ4v) is 1.92. The lowest BCUT2D eigenvalue weighted by Crippen LogP contribution is -2.41. The van der Waals surface area contributed by atoms with Crippen molar-refractivity contribution in [1.82, 2.24) is 0 Å². The van der Waals surface area contributed by atoms with E-state index >= 15 is 0 Å². The Kier molecular flexibility index (Phi) is 2.52. The Morgan fingerprint density at radius 1 is 1.38 bits per heavy atom. The van der Waals surface area contributed by atoms with Gasteiger partial charge in [0.15, 0.2) is 0 Å². The third-order valence-corrected chi connectivity index (χ3v) is 2.86. The topological polar surface area (TPSA) is 76.8 Å². The highest BCUT2D eigenvalue weighted by Gasteiger charge is 2.34. The summed E-state index contributed by atoms with van der Waals surface area (Å²) in [4.78, 5) is 2.05. The molecule has 0 radical (unpaired) electrons. The first-order valence-corrected chi connectivity index (χ1v) is 5.12. The van der Waals surface area contributed by atoms with Crippen LogP contribution in [0.15, 0.2) is 24.3 Å². The van der Waals surface area contributed by atoms with Gasteiger partial charge in [-0.05, 0) is 24.6 Å². The third kappa shape index (κ3) is 1.84. The summed E-state index contributed by atoms with van der Waals surface area (Å²) < 4.78 is 0. The van der Waals surface area contributed by atoms with Gasteiger partial charge in [0.2, 0.25) is 0 Å². The van der Waals surface area contributed by atoms with Crippen molar-refractivity contribution in [3.8, 4) is 12.1 Å². The van der Waals surface area contributed by atoms with Crippen LogP contribution in [0.4, 0.5) is 5.69 Å². The van der Waals surface area contributed by atoms with Gasteiger partial charge in [-0.2, -0.15) is 10.5 Å². The molecule has 1 atom stereocenters. The highest BCUT2D eigenvalue weighted by atomic mass is 15.2. The largest absolute Gasteiger partial charge is 0.368 e. The van der Waals surface area contributed by atoms with Crippen molar-refractivity contribution >= 4 is 5.69 Å². The normalized spacial score (nSPS) is 23.8. The molecular formula is C12H12N4. The molecule has 1 unspecified atom stereocenters. The summed E-state index contributed by atoms with van der Waals surface area (Å²) in [6.45, 7) is 1.29. The summed E-state index contributed by atoms with van der Waals surface area (Å²) in [5.74, 6) is 0. The summed E-state index contributed by atoms with van der Waals surface area (Å²) in [6, 6.07) is 11.6. The molecule has 0 aliphatic carbocycles. The number of anilines is 1.